The summed E-state index contributed by atoms with van der Waals surface area (Å²) in [5.74, 6) is 0. The third kappa shape index (κ3) is 2.45. The Kier molecular flexibility index (Phi) is 3.38. The standard InChI is InChI=1S/C9H14BrN3S/c1-2-3-6-13(7-4-5-7)9-12-11-8(10)14-9/h7H,2-6H2,1H3. The van der Waals surface area contributed by atoms with Crippen LogP contribution in [0.2, 0.25) is 0 Å². The van der Waals surface area contributed by atoms with Crippen LogP contribution in [0.3, 0.4) is 0 Å². The zero-order chi connectivity index (χ0) is 9.97. The van der Waals surface area contributed by atoms with Gasteiger partial charge in [-0.15, -0.1) is 10.2 Å². The molecule has 14 heavy (non-hydrogen) atoms. The molecule has 0 N–H and O–H groups in total. The maximum Gasteiger partial charge on any atom is 0.209 e. The van der Waals surface area contributed by atoms with Crippen LogP contribution in [0.5, 0.6) is 0 Å². The lowest BCUT2D eigenvalue weighted by Gasteiger charge is -2.20. The maximum absolute atomic E-state index is 4.18. The molecule has 2 rings (SSSR count). The van der Waals surface area contributed by atoms with Gasteiger partial charge in [0.05, 0.1) is 0 Å². The Morgan fingerprint density at radius 2 is 2.29 bits per heavy atom. The normalized spacial score (nSPS) is 15.9. The fourth-order valence-electron chi connectivity index (χ4n) is 1.46. The molecule has 0 radical (unpaired) electrons. The van der Waals surface area contributed by atoms with Gasteiger partial charge in [-0.2, -0.15) is 0 Å². The summed E-state index contributed by atoms with van der Waals surface area (Å²) in [5.41, 5.74) is 0. The van der Waals surface area contributed by atoms with Crippen LogP contribution in [0, 0.1) is 0 Å². The van der Waals surface area contributed by atoms with Crippen molar-refractivity contribution in [3.8, 4) is 0 Å². The molecule has 1 saturated carbocycles. The number of unbranched alkanes of at least 4 members (excludes halogenated alkanes) is 1. The van der Waals surface area contributed by atoms with Gasteiger partial charge in [0.25, 0.3) is 0 Å². The zero-order valence-electron chi connectivity index (χ0n) is 8.24. The van der Waals surface area contributed by atoms with Crippen LogP contribution in [0.15, 0.2) is 3.92 Å². The lowest BCUT2D eigenvalue weighted by molar-refractivity contribution is 0.707. The second-order valence-electron chi connectivity index (χ2n) is 3.62. The molecular formula is C9H14BrN3S. The average molecular weight is 276 g/mol. The van der Waals surface area contributed by atoms with Crippen molar-refractivity contribution in [1.29, 1.82) is 0 Å². The maximum atomic E-state index is 4.18. The van der Waals surface area contributed by atoms with Gasteiger partial charge in [0.15, 0.2) is 3.92 Å². The summed E-state index contributed by atoms with van der Waals surface area (Å²) < 4.78 is 0.884. The molecule has 1 aromatic heterocycles. The molecule has 0 aliphatic heterocycles. The monoisotopic (exact) mass is 275 g/mol. The van der Waals surface area contributed by atoms with Gasteiger partial charge in [0, 0.05) is 12.6 Å². The highest BCUT2D eigenvalue weighted by Gasteiger charge is 2.30. The van der Waals surface area contributed by atoms with Gasteiger partial charge >= 0.3 is 0 Å². The van der Waals surface area contributed by atoms with Crippen molar-refractivity contribution >= 4 is 32.4 Å². The van der Waals surface area contributed by atoms with Gasteiger partial charge in [0.2, 0.25) is 5.13 Å². The Balaban J connectivity index is 2.02. The second kappa shape index (κ2) is 4.57. The van der Waals surface area contributed by atoms with E-state index in [4.69, 9.17) is 0 Å². The summed E-state index contributed by atoms with van der Waals surface area (Å²) >= 11 is 4.99. The molecule has 1 heterocycles. The van der Waals surface area contributed by atoms with Crippen LogP contribution in [-0.4, -0.2) is 22.8 Å². The molecule has 5 heteroatoms. The highest BCUT2D eigenvalue weighted by Crippen LogP contribution is 2.34. The molecule has 0 spiro atoms. The number of nitrogens with zero attached hydrogens (tertiary/aromatic N) is 3. The van der Waals surface area contributed by atoms with Crippen molar-refractivity contribution in [3.63, 3.8) is 0 Å². The fourth-order valence-corrected chi connectivity index (χ4v) is 2.65. The van der Waals surface area contributed by atoms with Crippen LogP contribution in [0.25, 0.3) is 0 Å². The van der Waals surface area contributed by atoms with E-state index in [2.05, 4.69) is 38.0 Å². The topological polar surface area (TPSA) is 29.0 Å². The third-order valence-electron chi connectivity index (χ3n) is 2.38. The minimum absolute atomic E-state index is 0.737. The molecule has 0 saturated heterocycles. The predicted molar refractivity (Wildman–Crippen MR) is 62.9 cm³/mol. The lowest BCUT2D eigenvalue weighted by atomic mass is 10.3. The van der Waals surface area contributed by atoms with Gasteiger partial charge in [-0.3, -0.25) is 0 Å². The average Bonchev–Trinajstić information content (AvgIpc) is 2.91. The van der Waals surface area contributed by atoms with Crippen molar-refractivity contribution in [2.24, 2.45) is 0 Å². The predicted octanol–water partition coefficient (Wildman–Crippen LogP) is 3.07. The van der Waals surface area contributed by atoms with Crippen molar-refractivity contribution in [1.82, 2.24) is 10.2 Å². The minimum Gasteiger partial charge on any atom is -0.344 e. The largest absolute Gasteiger partial charge is 0.344 e. The molecule has 0 atom stereocenters. The van der Waals surface area contributed by atoms with E-state index in [1.165, 1.54) is 25.7 Å². The van der Waals surface area contributed by atoms with Crippen molar-refractivity contribution in [2.75, 3.05) is 11.4 Å². The van der Waals surface area contributed by atoms with E-state index in [-0.39, 0.29) is 0 Å². The highest BCUT2D eigenvalue weighted by molar-refractivity contribution is 9.11. The Morgan fingerprint density at radius 1 is 1.50 bits per heavy atom. The second-order valence-corrected chi connectivity index (χ2v) is 5.85. The summed E-state index contributed by atoms with van der Waals surface area (Å²) in [6.45, 7) is 3.35. The van der Waals surface area contributed by atoms with Gasteiger partial charge in [0.1, 0.15) is 0 Å². The molecule has 0 aromatic carbocycles. The van der Waals surface area contributed by atoms with E-state index in [1.54, 1.807) is 11.3 Å². The molecule has 1 fully saturated rings. The molecular weight excluding hydrogens is 262 g/mol. The summed E-state index contributed by atoms with van der Waals surface area (Å²) in [7, 11) is 0. The molecule has 78 valence electrons. The van der Waals surface area contributed by atoms with Gasteiger partial charge < -0.3 is 4.90 Å². The first-order valence-electron chi connectivity index (χ1n) is 5.07. The first-order valence-corrected chi connectivity index (χ1v) is 6.68. The SMILES string of the molecule is CCCCN(c1nnc(Br)s1)C1CC1. The highest BCUT2D eigenvalue weighted by atomic mass is 79.9. The number of aromatic nitrogens is 2. The smallest absolute Gasteiger partial charge is 0.209 e. The summed E-state index contributed by atoms with van der Waals surface area (Å²) in [4.78, 5) is 2.41. The Labute approximate surface area is 96.7 Å². The summed E-state index contributed by atoms with van der Waals surface area (Å²) in [5, 5.41) is 9.25. The van der Waals surface area contributed by atoms with Crippen molar-refractivity contribution in [3.05, 3.63) is 3.92 Å². The third-order valence-corrected chi connectivity index (χ3v) is 3.77. The minimum atomic E-state index is 0.737. The molecule has 1 aliphatic carbocycles. The van der Waals surface area contributed by atoms with Gasteiger partial charge in [-0.1, -0.05) is 24.7 Å². The molecule has 0 amide bonds. The summed E-state index contributed by atoms with van der Waals surface area (Å²) in [6.07, 6.45) is 5.12. The quantitative estimate of drug-likeness (QED) is 0.827. The van der Waals surface area contributed by atoms with Crippen LogP contribution in [-0.2, 0) is 0 Å². The van der Waals surface area contributed by atoms with E-state index >= 15 is 0 Å². The molecule has 1 aliphatic rings. The molecule has 1 aromatic rings. The number of halogens is 1. The van der Waals surface area contributed by atoms with E-state index in [0.717, 1.165) is 21.6 Å². The molecule has 0 bridgehead atoms. The van der Waals surface area contributed by atoms with E-state index < -0.39 is 0 Å². The Hall–Kier alpha value is -0.160. The van der Waals surface area contributed by atoms with Gasteiger partial charge in [-0.05, 0) is 35.2 Å². The van der Waals surface area contributed by atoms with Crippen LogP contribution in [0.4, 0.5) is 5.13 Å². The van der Waals surface area contributed by atoms with Crippen LogP contribution < -0.4 is 4.90 Å². The van der Waals surface area contributed by atoms with Crippen LogP contribution >= 0.6 is 27.3 Å². The van der Waals surface area contributed by atoms with E-state index in [1.807, 2.05) is 0 Å². The Bertz CT molecular complexity index is 298. The molecule has 3 nitrogen and oxygen atoms in total. The first-order chi connectivity index (χ1) is 6.81. The summed E-state index contributed by atoms with van der Waals surface area (Å²) in [6, 6.07) is 0.737. The lowest BCUT2D eigenvalue weighted by Crippen LogP contribution is -2.26. The zero-order valence-corrected chi connectivity index (χ0v) is 10.6. The number of rotatable bonds is 5. The fraction of sp³-hybridized carbons (Fsp3) is 0.778. The number of anilines is 1. The molecule has 0 unspecified atom stereocenters. The van der Waals surface area contributed by atoms with E-state index in [0.29, 0.717) is 0 Å². The van der Waals surface area contributed by atoms with Crippen molar-refractivity contribution in [2.45, 2.75) is 38.6 Å². The van der Waals surface area contributed by atoms with Gasteiger partial charge in [-0.25, -0.2) is 0 Å². The first kappa shape index (κ1) is 10.4. The Morgan fingerprint density at radius 3 is 2.79 bits per heavy atom. The van der Waals surface area contributed by atoms with Crippen molar-refractivity contribution < 1.29 is 0 Å². The van der Waals surface area contributed by atoms with E-state index in [9.17, 15) is 0 Å². The number of hydrogen-bond acceptors (Lipinski definition) is 4. The van der Waals surface area contributed by atoms with Crippen LogP contribution in [0.1, 0.15) is 32.6 Å². The number of hydrogen-bond donors (Lipinski definition) is 0.